The quantitative estimate of drug-likeness (QED) is 0.0276. The summed E-state index contributed by atoms with van der Waals surface area (Å²) in [4.78, 5) is 197. The molecule has 0 fully saturated rings. The van der Waals surface area contributed by atoms with Gasteiger partial charge < -0.3 is 76.6 Å². The minimum absolute atomic E-state index is 0.133. The van der Waals surface area contributed by atoms with E-state index in [0.29, 0.717) is 0 Å². The van der Waals surface area contributed by atoms with E-state index in [2.05, 4.69) is 0 Å². The molecule has 0 rings (SSSR count). The third-order valence-electron chi connectivity index (χ3n) is 19.3. The van der Waals surface area contributed by atoms with Gasteiger partial charge in [-0.1, -0.05) is 13.8 Å². The highest BCUT2D eigenvalue weighted by molar-refractivity contribution is 5.87. The third-order valence-corrected chi connectivity index (χ3v) is 19.3. The Morgan fingerprint density at radius 1 is 0.209 bits per heavy atom. The first-order valence-corrected chi connectivity index (χ1v) is 28.8. The van der Waals surface area contributed by atoms with E-state index in [9.17, 15) is 149 Å². The molecule has 0 aliphatic rings. The number of aliphatic carboxylic acids is 15. The number of hydrogen-bond acceptors (Lipinski definition) is 15. The minimum atomic E-state index is -2.70. The maximum absolute atomic E-state index is 13.6. The van der Waals surface area contributed by atoms with E-state index >= 15 is 0 Å². The molecule has 30 heteroatoms. The van der Waals surface area contributed by atoms with E-state index in [1.807, 2.05) is 0 Å². The van der Waals surface area contributed by atoms with Crippen molar-refractivity contribution in [2.45, 2.75) is 207 Å². The fraction of sp³-hybridized carbons (Fsp3) is 0.754. The van der Waals surface area contributed by atoms with E-state index in [4.69, 9.17) is 0 Å². The van der Waals surface area contributed by atoms with Crippen molar-refractivity contribution in [2.75, 3.05) is 0 Å². The summed E-state index contributed by atoms with van der Waals surface area (Å²) in [5.41, 5.74) is -34.6. The van der Waals surface area contributed by atoms with E-state index in [1.165, 1.54) is 13.8 Å². The second kappa shape index (κ2) is 27.9. The van der Waals surface area contributed by atoms with Crippen molar-refractivity contribution in [1.82, 2.24) is 0 Å². The van der Waals surface area contributed by atoms with Crippen molar-refractivity contribution in [2.24, 2.45) is 81.7 Å². The molecule has 0 bridgehead atoms. The van der Waals surface area contributed by atoms with Gasteiger partial charge in [0.25, 0.3) is 0 Å². The summed E-state index contributed by atoms with van der Waals surface area (Å²) < 4.78 is 0. The first-order chi connectivity index (χ1) is 40.3. The molecule has 0 aliphatic heterocycles. The molecule has 0 saturated heterocycles. The molecule has 30 nitrogen and oxygen atoms in total. The Labute approximate surface area is 525 Å². The molecule has 0 spiro atoms. The molecule has 0 aromatic heterocycles. The lowest BCUT2D eigenvalue weighted by Crippen LogP contribution is -2.51. The fourth-order valence-corrected chi connectivity index (χ4v) is 15.1. The van der Waals surface area contributed by atoms with Crippen LogP contribution in [0.1, 0.15) is 207 Å². The fourth-order valence-electron chi connectivity index (χ4n) is 15.1. The van der Waals surface area contributed by atoms with Gasteiger partial charge in [-0.05, 0) is 193 Å². The van der Waals surface area contributed by atoms with Crippen LogP contribution in [0, 0.1) is 81.7 Å². The topological polar surface area (TPSA) is 560 Å². The molecule has 0 aromatic rings. The number of carboxylic acid groups (broad SMARTS) is 15. The van der Waals surface area contributed by atoms with Crippen LogP contribution >= 0.6 is 0 Å². The predicted octanol–water partition coefficient (Wildman–Crippen LogP) is 7.85. The summed E-state index contributed by atoms with van der Waals surface area (Å²) in [5.74, 6) is -28.5. The highest BCUT2D eigenvalue weighted by Gasteiger charge is 2.62. The normalized spacial score (nSPS) is 21.5. The van der Waals surface area contributed by atoms with Gasteiger partial charge in [-0.25, -0.2) is 0 Å². The molecule has 15 atom stereocenters. The Morgan fingerprint density at radius 2 is 0.308 bits per heavy atom. The average molecular weight is 1310 g/mol. The van der Waals surface area contributed by atoms with Crippen LogP contribution < -0.4 is 0 Å². The molecular formula is C61H94O30. The van der Waals surface area contributed by atoms with Gasteiger partial charge in [-0.2, -0.15) is 0 Å². The Hall–Kier alpha value is -7.95. The zero-order valence-electron chi connectivity index (χ0n) is 54.5. The van der Waals surface area contributed by atoms with Crippen LogP contribution in [0.2, 0.25) is 0 Å². The lowest BCUT2D eigenvalue weighted by atomic mass is 9.55. The minimum Gasteiger partial charge on any atom is -0.481 e. The summed E-state index contributed by atoms with van der Waals surface area (Å²) >= 11 is 0. The largest absolute Gasteiger partial charge is 0.481 e. The monoisotopic (exact) mass is 1310 g/mol. The summed E-state index contributed by atoms with van der Waals surface area (Å²) in [6, 6.07) is 0. The highest BCUT2D eigenvalue weighted by atomic mass is 16.4. The maximum atomic E-state index is 13.6. The van der Waals surface area contributed by atoms with Crippen LogP contribution in [0.25, 0.3) is 0 Å². The second-order valence-electron chi connectivity index (χ2n) is 30.2. The molecule has 0 amide bonds. The lowest BCUT2D eigenvalue weighted by Gasteiger charge is -2.46. The zero-order chi connectivity index (χ0) is 72.8. The van der Waals surface area contributed by atoms with Crippen molar-refractivity contribution >= 4 is 89.5 Å². The zero-order valence-corrected chi connectivity index (χ0v) is 54.5. The molecule has 518 valence electrons. The van der Waals surface area contributed by atoms with Gasteiger partial charge >= 0.3 is 89.5 Å². The van der Waals surface area contributed by atoms with Gasteiger partial charge in [0.15, 0.2) is 0 Å². The molecule has 15 N–H and O–H groups in total. The Bertz CT molecular complexity index is 2940. The van der Waals surface area contributed by atoms with Crippen molar-refractivity contribution in [1.29, 1.82) is 0 Å². The van der Waals surface area contributed by atoms with Crippen molar-refractivity contribution in [3.8, 4) is 0 Å². The predicted molar refractivity (Wildman–Crippen MR) is 312 cm³/mol. The molecule has 0 heterocycles. The molecule has 0 radical (unpaired) electrons. The van der Waals surface area contributed by atoms with Gasteiger partial charge in [0.05, 0.1) is 81.7 Å². The van der Waals surface area contributed by atoms with Gasteiger partial charge in [-0.15, -0.1) is 0 Å². The van der Waals surface area contributed by atoms with Crippen LogP contribution in [-0.4, -0.2) is 166 Å². The lowest BCUT2D eigenvalue weighted by molar-refractivity contribution is -0.172. The number of carboxylic acids is 15. The van der Waals surface area contributed by atoms with E-state index in [0.717, 1.165) is 96.9 Å². The van der Waals surface area contributed by atoms with Gasteiger partial charge in [0, 0.05) is 0 Å². The van der Waals surface area contributed by atoms with Gasteiger partial charge in [0.1, 0.15) is 0 Å². The summed E-state index contributed by atoms with van der Waals surface area (Å²) in [7, 11) is 0. The Morgan fingerprint density at radius 3 is 0.396 bits per heavy atom. The molecule has 0 aliphatic carbocycles. The third kappa shape index (κ3) is 19.1. The molecular weight excluding hydrogens is 1210 g/mol. The van der Waals surface area contributed by atoms with E-state index in [-0.39, 0.29) is 6.42 Å². The van der Waals surface area contributed by atoms with Crippen molar-refractivity contribution in [3.05, 3.63) is 0 Å². The van der Waals surface area contributed by atoms with Crippen LogP contribution in [-0.2, 0) is 71.9 Å². The van der Waals surface area contributed by atoms with E-state index < -0.39 is 261 Å². The van der Waals surface area contributed by atoms with E-state index in [1.54, 1.807) is 0 Å². The van der Waals surface area contributed by atoms with Gasteiger partial charge in [0.2, 0.25) is 0 Å². The molecule has 91 heavy (non-hydrogen) atoms. The Balaban J connectivity index is 8.00. The van der Waals surface area contributed by atoms with Crippen LogP contribution in [0.3, 0.4) is 0 Å². The highest BCUT2D eigenvalue weighted by Crippen LogP contribution is 2.58. The number of carbonyl (C=O) groups is 15. The first-order valence-electron chi connectivity index (χ1n) is 28.8. The summed E-state index contributed by atoms with van der Waals surface area (Å²) in [5, 5.41) is 159. The smallest absolute Gasteiger partial charge is 0.309 e. The van der Waals surface area contributed by atoms with Crippen molar-refractivity contribution < 1.29 is 149 Å². The first kappa shape index (κ1) is 83.1. The summed E-state index contributed by atoms with van der Waals surface area (Å²) in [6.07, 6.45) is -15.1. The standard InChI is InChI=1S/C61H94O30/c1-17-48(3,34(64)65)19-50(5,36(68)69)21-52(7,38(72)73)23-54(9,40(76)77)25-56(11,42(80)81)27-58(13,44(84)85)29-60(15,46(88)89)31-61(16,47(90)91)30-59(14,45(86)87)28-57(12,43(82)83)26-55(10,41(78)79)24-53(8,39(74)75)22-51(6,37(70)71)20-49(4,35(66)67)18-32(2)33(62)63/h32H,17-31H2,1-16H3,(H,62,63)(H,64,65)(H,66,67)(H,68,69)(H,70,71)(H,72,73)(H,74,75)(H,76,77)(H,78,79)(H,80,81)(H,82,83)(H,84,85)(H,86,87)(H,88,89)(H,90,91). The molecule has 0 saturated carbocycles. The van der Waals surface area contributed by atoms with Crippen LogP contribution in [0.15, 0.2) is 0 Å². The number of rotatable bonds is 44. The van der Waals surface area contributed by atoms with Crippen LogP contribution in [0.4, 0.5) is 0 Å². The van der Waals surface area contributed by atoms with Crippen LogP contribution in [0.5, 0.6) is 0 Å². The second-order valence-corrected chi connectivity index (χ2v) is 30.2. The maximum Gasteiger partial charge on any atom is 0.309 e. The number of hydrogen-bond donors (Lipinski definition) is 15. The summed E-state index contributed by atoms with van der Waals surface area (Å²) in [6.45, 7) is 15.5. The SMILES string of the molecule is CCC(C)(CC(C)(CC(C)(CC(C)(CC(C)(CC(C)(CC(C)(CC(C)(CC(C)(CC(C)(CC(C)(CC(C)(CC(C)(CC(C)(CC(C)C(=O)O)C(=O)O)C(=O)O)C(=O)O)C(=O)O)C(=O)O)C(=O)O)C(=O)O)C(=O)O)C(=O)O)C(=O)O)C(=O)O)C(=O)O)C(=O)O)C(=O)O. The van der Waals surface area contributed by atoms with Crippen molar-refractivity contribution in [3.63, 3.8) is 0 Å². The Kier molecular flexibility index (Phi) is 25.4. The molecule has 15 unspecified atom stereocenters. The van der Waals surface area contributed by atoms with Gasteiger partial charge in [-0.3, -0.25) is 71.9 Å². The average Bonchev–Trinajstić information content (AvgIpc) is 0.773. The molecule has 0 aromatic carbocycles.